The minimum Gasteiger partial charge on any atom is -0.480 e. The Morgan fingerprint density at radius 2 is 1.50 bits per heavy atom. The van der Waals surface area contributed by atoms with Crippen molar-refractivity contribution in [1.29, 1.82) is 0 Å². The molecule has 1 saturated carbocycles. The first-order valence-corrected chi connectivity index (χ1v) is 11.9. The third-order valence-corrected chi connectivity index (χ3v) is 6.63. The fourth-order valence-electron chi connectivity index (χ4n) is 4.98. The molecule has 5 rings (SSSR count). The highest BCUT2D eigenvalue weighted by Crippen LogP contribution is 2.38. The number of hydrogen-bond donors (Lipinski definition) is 1. The first kappa shape index (κ1) is 22.0. The summed E-state index contributed by atoms with van der Waals surface area (Å²) in [4.78, 5) is 14.0. The third kappa shape index (κ3) is 4.34. The van der Waals surface area contributed by atoms with Gasteiger partial charge in [-0.3, -0.25) is 4.79 Å². The van der Waals surface area contributed by atoms with Crippen LogP contribution in [0, 0.1) is 5.92 Å². The van der Waals surface area contributed by atoms with Gasteiger partial charge in [0.1, 0.15) is 11.3 Å². The number of methoxy groups -OCH3 is 1. The molecule has 1 aliphatic rings. The second-order valence-electron chi connectivity index (χ2n) is 8.75. The van der Waals surface area contributed by atoms with Crippen LogP contribution in [0.15, 0.2) is 91.0 Å². The van der Waals surface area contributed by atoms with Crippen LogP contribution in [0.4, 0.5) is 0 Å². The Hall–Kier alpha value is -3.86. The first-order chi connectivity index (χ1) is 16.8. The predicted octanol–water partition coefficient (Wildman–Crippen LogP) is 6.21. The van der Waals surface area contributed by atoms with Gasteiger partial charge in [0.25, 0.3) is 5.91 Å². The lowest BCUT2D eigenvalue weighted by Crippen LogP contribution is -2.33. The molecule has 4 aromatic rings. The molecular weight excluding hydrogens is 422 g/mol. The van der Waals surface area contributed by atoms with Crippen LogP contribution in [0.3, 0.4) is 0 Å². The summed E-state index contributed by atoms with van der Waals surface area (Å²) in [6.45, 7) is 0. The minimum atomic E-state index is -0.168. The number of rotatable bonds is 7. The number of aromatic nitrogens is 2. The summed E-state index contributed by atoms with van der Waals surface area (Å²) in [5.74, 6) is 0.682. The molecule has 1 aromatic heterocycles. The van der Waals surface area contributed by atoms with Crippen LogP contribution in [-0.2, 0) is 0 Å². The Labute approximate surface area is 200 Å². The van der Waals surface area contributed by atoms with E-state index in [-0.39, 0.29) is 11.9 Å². The van der Waals surface area contributed by atoms with Crippen molar-refractivity contribution in [2.24, 2.45) is 5.92 Å². The zero-order valence-electron chi connectivity index (χ0n) is 19.4. The molecular formula is C29H29N3O2. The maximum Gasteiger partial charge on any atom is 0.259 e. The number of nitrogens with zero attached hydrogens (tertiary/aromatic N) is 2. The van der Waals surface area contributed by atoms with Gasteiger partial charge in [0.05, 0.1) is 18.8 Å². The van der Waals surface area contributed by atoms with E-state index < -0.39 is 0 Å². The molecule has 3 aromatic carbocycles. The number of nitrogens with one attached hydrogen (secondary N) is 1. The maximum atomic E-state index is 14.0. The second kappa shape index (κ2) is 9.96. The van der Waals surface area contributed by atoms with Gasteiger partial charge in [-0.25, -0.2) is 0 Å². The summed E-state index contributed by atoms with van der Waals surface area (Å²) in [5.41, 5.74) is 3.91. The van der Waals surface area contributed by atoms with Crippen LogP contribution >= 0.6 is 0 Å². The van der Waals surface area contributed by atoms with E-state index in [4.69, 9.17) is 9.84 Å². The van der Waals surface area contributed by atoms with Gasteiger partial charge in [-0.05, 0) is 36.5 Å². The number of carbonyl (C=O) groups is 1. The standard InChI is InChI=1S/C29H29N3O2/c1-34-29-25(28(33)30-26(22-17-11-12-18-22)21-13-5-2-6-14-21)27(23-15-7-3-8-16-23)31-32(29)24-19-9-4-10-20-24/h2-10,13-16,19-20,22,26H,11-12,17-18H2,1H3,(H,30,33). The van der Waals surface area contributed by atoms with Crippen LogP contribution in [0.5, 0.6) is 5.88 Å². The van der Waals surface area contributed by atoms with E-state index >= 15 is 0 Å². The Balaban J connectivity index is 1.60. The first-order valence-electron chi connectivity index (χ1n) is 11.9. The number of carbonyl (C=O) groups excluding carboxylic acids is 1. The second-order valence-corrected chi connectivity index (χ2v) is 8.75. The molecule has 0 radical (unpaired) electrons. The van der Waals surface area contributed by atoms with Crippen molar-refractivity contribution < 1.29 is 9.53 Å². The Morgan fingerprint density at radius 1 is 0.912 bits per heavy atom. The van der Waals surface area contributed by atoms with E-state index in [1.807, 2.05) is 78.9 Å². The summed E-state index contributed by atoms with van der Waals surface area (Å²) >= 11 is 0. The average Bonchev–Trinajstić information content (AvgIpc) is 3.57. The fourth-order valence-corrected chi connectivity index (χ4v) is 4.98. The van der Waals surface area contributed by atoms with Gasteiger partial charge in [-0.2, -0.15) is 9.78 Å². The molecule has 0 spiro atoms. The molecule has 1 heterocycles. The predicted molar refractivity (Wildman–Crippen MR) is 134 cm³/mol. The molecule has 1 fully saturated rings. The number of amides is 1. The molecule has 34 heavy (non-hydrogen) atoms. The number of benzene rings is 3. The minimum absolute atomic E-state index is 0.0513. The van der Waals surface area contributed by atoms with E-state index in [1.54, 1.807) is 11.8 Å². The van der Waals surface area contributed by atoms with E-state index in [0.717, 1.165) is 29.7 Å². The van der Waals surface area contributed by atoms with Crippen molar-refractivity contribution in [3.8, 4) is 22.8 Å². The fraction of sp³-hybridized carbons (Fsp3) is 0.241. The molecule has 5 nitrogen and oxygen atoms in total. The largest absolute Gasteiger partial charge is 0.480 e. The topological polar surface area (TPSA) is 56.1 Å². The van der Waals surface area contributed by atoms with E-state index in [9.17, 15) is 4.79 Å². The van der Waals surface area contributed by atoms with Crippen LogP contribution < -0.4 is 10.1 Å². The van der Waals surface area contributed by atoms with Crippen molar-refractivity contribution in [2.45, 2.75) is 31.7 Å². The number of ether oxygens (including phenoxy) is 1. The monoisotopic (exact) mass is 451 g/mol. The Kier molecular flexibility index (Phi) is 6.43. The van der Waals surface area contributed by atoms with Crippen LogP contribution in [0.2, 0.25) is 0 Å². The van der Waals surface area contributed by atoms with Gasteiger partial charge in [-0.15, -0.1) is 0 Å². The number of hydrogen-bond acceptors (Lipinski definition) is 3. The van der Waals surface area contributed by atoms with Gasteiger partial charge in [-0.1, -0.05) is 91.7 Å². The van der Waals surface area contributed by atoms with Crippen molar-refractivity contribution in [2.75, 3.05) is 7.11 Å². The van der Waals surface area contributed by atoms with Gasteiger partial charge < -0.3 is 10.1 Å². The van der Waals surface area contributed by atoms with Gasteiger partial charge in [0.15, 0.2) is 0 Å². The third-order valence-electron chi connectivity index (χ3n) is 6.63. The molecule has 172 valence electrons. The van der Waals surface area contributed by atoms with Crippen molar-refractivity contribution in [3.63, 3.8) is 0 Å². The summed E-state index contributed by atoms with van der Waals surface area (Å²) in [6.07, 6.45) is 4.64. The van der Waals surface area contributed by atoms with Gasteiger partial charge in [0, 0.05) is 5.56 Å². The van der Waals surface area contributed by atoms with Crippen molar-refractivity contribution in [1.82, 2.24) is 15.1 Å². The molecule has 0 saturated heterocycles. The van der Waals surface area contributed by atoms with Crippen LogP contribution in [0.25, 0.3) is 16.9 Å². The zero-order valence-corrected chi connectivity index (χ0v) is 19.4. The summed E-state index contributed by atoms with van der Waals surface area (Å²) in [7, 11) is 1.59. The average molecular weight is 452 g/mol. The molecule has 1 N–H and O–H groups in total. The Morgan fingerprint density at radius 3 is 2.12 bits per heavy atom. The normalized spacial score (nSPS) is 14.6. The lowest BCUT2D eigenvalue weighted by atomic mass is 9.91. The molecule has 1 amide bonds. The van der Waals surface area contributed by atoms with Crippen molar-refractivity contribution >= 4 is 5.91 Å². The Bertz CT molecular complexity index is 1230. The smallest absolute Gasteiger partial charge is 0.259 e. The summed E-state index contributed by atoms with van der Waals surface area (Å²) in [6, 6.07) is 29.8. The molecule has 5 heteroatoms. The molecule has 1 unspecified atom stereocenters. The lowest BCUT2D eigenvalue weighted by molar-refractivity contribution is 0.0919. The highest BCUT2D eigenvalue weighted by molar-refractivity contribution is 6.02. The zero-order chi connectivity index (χ0) is 23.3. The number of para-hydroxylation sites is 1. The molecule has 0 aliphatic heterocycles. The van der Waals surface area contributed by atoms with E-state index in [1.165, 1.54) is 12.8 Å². The summed E-state index contributed by atoms with van der Waals surface area (Å²) < 4.78 is 7.52. The maximum absolute atomic E-state index is 14.0. The van der Waals surface area contributed by atoms with Gasteiger partial charge >= 0.3 is 0 Å². The van der Waals surface area contributed by atoms with Crippen LogP contribution in [0.1, 0.15) is 47.6 Å². The van der Waals surface area contributed by atoms with Gasteiger partial charge in [0.2, 0.25) is 5.88 Å². The highest BCUT2D eigenvalue weighted by Gasteiger charge is 2.32. The SMILES string of the molecule is COc1c(C(=O)NC(c2ccccc2)C2CCCC2)c(-c2ccccc2)nn1-c1ccccc1. The lowest BCUT2D eigenvalue weighted by Gasteiger charge is -2.25. The molecule has 1 aliphatic carbocycles. The highest BCUT2D eigenvalue weighted by atomic mass is 16.5. The van der Waals surface area contributed by atoms with Crippen molar-refractivity contribution in [3.05, 3.63) is 102 Å². The molecule has 0 bridgehead atoms. The quantitative estimate of drug-likeness (QED) is 0.363. The van der Waals surface area contributed by atoms with E-state index in [2.05, 4.69) is 17.4 Å². The van der Waals surface area contributed by atoms with E-state index in [0.29, 0.717) is 23.1 Å². The van der Waals surface area contributed by atoms with Crippen LogP contribution in [-0.4, -0.2) is 22.8 Å². The summed E-state index contributed by atoms with van der Waals surface area (Å²) in [5, 5.41) is 8.22. The molecule has 1 atom stereocenters.